The number of aromatic nitrogens is 2. The number of nitro benzene ring substituents is 1. The molecule has 1 aromatic carbocycles. The summed E-state index contributed by atoms with van der Waals surface area (Å²) in [6.45, 7) is 2.68. The van der Waals surface area contributed by atoms with Crippen LogP contribution in [-0.4, -0.2) is 40.8 Å². The molecule has 1 atom stereocenters. The summed E-state index contributed by atoms with van der Waals surface area (Å²) in [6, 6.07) is 5.26. The first-order chi connectivity index (χ1) is 17.9. The van der Waals surface area contributed by atoms with Crippen molar-refractivity contribution in [3.05, 3.63) is 67.6 Å². The number of halogens is 3. The molecule has 0 amide bonds. The van der Waals surface area contributed by atoms with Crippen LogP contribution in [0.25, 0.3) is 10.9 Å². The Morgan fingerprint density at radius 2 is 1.97 bits per heavy atom. The molecule has 3 heterocycles. The second-order valence-electron chi connectivity index (χ2n) is 9.18. The molecule has 1 N–H and O–H groups in total. The van der Waals surface area contributed by atoms with Crippen LogP contribution >= 0.6 is 0 Å². The van der Waals surface area contributed by atoms with Gasteiger partial charge in [-0.25, -0.2) is 4.98 Å². The van der Waals surface area contributed by atoms with Gasteiger partial charge in [-0.15, -0.1) is 0 Å². The van der Waals surface area contributed by atoms with Crippen molar-refractivity contribution in [3.8, 4) is 6.07 Å². The molecule has 10 nitrogen and oxygen atoms in total. The molecular weight excluding hydrogens is 505 g/mol. The molecule has 2 aromatic heterocycles. The smallest absolute Gasteiger partial charge is 0.381 e. The van der Waals surface area contributed by atoms with E-state index in [1.54, 1.807) is 20.0 Å². The Labute approximate surface area is 215 Å². The number of alkyl halides is 3. The third-order valence-corrected chi connectivity index (χ3v) is 6.80. The Kier molecular flexibility index (Phi) is 7.28. The molecule has 3 aromatic rings. The number of benzene rings is 1. The van der Waals surface area contributed by atoms with Crippen molar-refractivity contribution in [2.75, 3.05) is 30.5 Å². The largest absolute Gasteiger partial charge is 0.416 e. The lowest BCUT2D eigenvalue weighted by atomic mass is 10.0. The zero-order valence-corrected chi connectivity index (χ0v) is 20.9. The predicted octanol–water partition coefficient (Wildman–Crippen LogP) is 4.52. The average Bonchev–Trinajstić information content (AvgIpc) is 2.90. The minimum Gasteiger partial charge on any atom is -0.381 e. The van der Waals surface area contributed by atoms with E-state index in [1.807, 2.05) is 11.0 Å². The van der Waals surface area contributed by atoms with Crippen molar-refractivity contribution in [1.82, 2.24) is 9.55 Å². The third-order valence-electron chi connectivity index (χ3n) is 6.80. The first-order valence-electron chi connectivity index (χ1n) is 11.8. The molecule has 0 radical (unpaired) electrons. The Morgan fingerprint density at radius 1 is 1.29 bits per heavy atom. The molecule has 1 saturated heterocycles. The second kappa shape index (κ2) is 10.3. The second-order valence-corrected chi connectivity index (χ2v) is 9.18. The molecule has 1 fully saturated rings. The van der Waals surface area contributed by atoms with Gasteiger partial charge in [-0.2, -0.15) is 18.4 Å². The van der Waals surface area contributed by atoms with Gasteiger partial charge in [0, 0.05) is 57.1 Å². The van der Waals surface area contributed by atoms with Crippen LogP contribution in [0.15, 0.2) is 35.3 Å². The van der Waals surface area contributed by atoms with Gasteiger partial charge in [0.1, 0.15) is 17.6 Å². The number of ether oxygens (including phenoxy) is 1. The van der Waals surface area contributed by atoms with Crippen LogP contribution in [0.3, 0.4) is 0 Å². The number of hydrogen-bond donors (Lipinski definition) is 1. The SMILES string of the molecule is C[C@@H](Nc1ncc(C#N)c2c1cc(N(C)C1CCOCC1)c(=O)n2C)c1cc([N+](=O)[O-])cc(C(F)(F)F)c1. The number of fused-ring (bicyclic) bond motifs is 1. The fraction of sp³-hybridized carbons (Fsp3) is 0.400. The van der Waals surface area contributed by atoms with Crippen molar-refractivity contribution >= 4 is 28.1 Å². The van der Waals surface area contributed by atoms with Gasteiger partial charge < -0.3 is 19.5 Å². The fourth-order valence-electron chi connectivity index (χ4n) is 4.65. The van der Waals surface area contributed by atoms with Crippen molar-refractivity contribution in [1.29, 1.82) is 5.26 Å². The van der Waals surface area contributed by atoms with Crippen molar-refractivity contribution < 1.29 is 22.8 Å². The van der Waals surface area contributed by atoms with Crippen LogP contribution in [0, 0.1) is 21.4 Å². The number of hydrogen-bond acceptors (Lipinski definition) is 8. The lowest BCUT2D eigenvalue weighted by Crippen LogP contribution is -2.40. The number of nitro groups is 1. The number of nitrogens with zero attached hydrogens (tertiary/aromatic N) is 5. The highest BCUT2D eigenvalue weighted by Gasteiger charge is 2.33. The molecule has 38 heavy (non-hydrogen) atoms. The number of nitrogens with one attached hydrogen (secondary N) is 1. The fourth-order valence-corrected chi connectivity index (χ4v) is 4.65. The van der Waals surface area contributed by atoms with E-state index in [1.165, 1.54) is 17.8 Å². The number of anilines is 2. The van der Waals surface area contributed by atoms with Crippen molar-refractivity contribution in [3.63, 3.8) is 0 Å². The van der Waals surface area contributed by atoms with E-state index < -0.39 is 28.4 Å². The van der Waals surface area contributed by atoms with E-state index in [2.05, 4.69) is 10.3 Å². The lowest BCUT2D eigenvalue weighted by Gasteiger charge is -2.33. The third kappa shape index (κ3) is 5.12. The average molecular weight is 531 g/mol. The molecule has 1 aliphatic heterocycles. The standard InChI is InChI=1S/C25H25F3N6O4/c1-14(15-8-17(25(26,27)28)10-19(9-15)34(36)37)31-23-20-11-21(32(2)18-4-6-38-7-5-18)24(35)33(3)22(20)16(12-29)13-30-23/h8-11,13-14,18H,4-7H2,1-3H3,(H,30,31)/t14-/m1/s1. The minimum atomic E-state index is -4.78. The van der Waals surface area contributed by atoms with E-state index in [9.17, 15) is 33.3 Å². The van der Waals surface area contributed by atoms with Crippen molar-refractivity contribution in [2.24, 2.45) is 7.05 Å². The normalized spacial score (nSPS) is 15.2. The van der Waals surface area contributed by atoms with Gasteiger partial charge in [0.2, 0.25) is 0 Å². The van der Waals surface area contributed by atoms with Crippen LogP contribution in [0.2, 0.25) is 0 Å². The van der Waals surface area contributed by atoms with E-state index in [0.29, 0.717) is 35.9 Å². The maximum absolute atomic E-state index is 13.4. The summed E-state index contributed by atoms with van der Waals surface area (Å²) < 4.78 is 47.0. The highest BCUT2D eigenvalue weighted by molar-refractivity contribution is 5.95. The van der Waals surface area contributed by atoms with Gasteiger partial charge >= 0.3 is 6.18 Å². The Balaban J connectivity index is 1.82. The Hall–Kier alpha value is -4.18. The predicted molar refractivity (Wildman–Crippen MR) is 134 cm³/mol. The number of non-ortho nitro benzene ring substituents is 1. The molecule has 13 heteroatoms. The van der Waals surface area contributed by atoms with E-state index in [4.69, 9.17) is 4.74 Å². The quantitative estimate of drug-likeness (QED) is 0.364. The molecule has 0 aliphatic carbocycles. The van der Waals surface area contributed by atoms with Crippen LogP contribution in [0.4, 0.5) is 30.4 Å². The van der Waals surface area contributed by atoms with E-state index in [-0.39, 0.29) is 28.5 Å². The highest BCUT2D eigenvalue weighted by Crippen LogP contribution is 2.35. The summed E-state index contributed by atoms with van der Waals surface area (Å²) in [5.74, 6) is 0.212. The van der Waals surface area contributed by atoms with Gasteiger partial charge in [-0.3, -0.25) is 14.9 Å². The number of aryl methyl sites for hydroxylation is 1. The number of rotatable bonds is 6. The van der Waals surface area contributed by atoms with Gasteiger partial charge in [0.15, 0.2) is 0 Å². The Bertz CT molecular complexity index is 1490. The molecule has 200 valence electrons. The zero-order chi connectivity index (χ0) is 27.8. The summed E-state index contributed by atoms with van der Waals surface area (Å²) in [6.07, 6.45) is -2.05. The molecule has 4 rings (SSSR count). The minimum absolute atomic E-state index is 0.0233. The Morgan fingerprint density at radius 3 is 2.58 bits per heavy atom. The molecule has 0 unspecified atom stereocenters. The molecular formula is C25H25F3N6O4. The van der Waals surface area contributed by atoms with Crippen LogP contribution in [0.5, 0.6) is 0 Å². The zero-order valence-electron chi connectivity index (χ0n) is 20.9. The summed E-state index contributed by atoms with van der Waals surface area (Å²) in [5.41, 5.74) is -1.31. The van der Waals surface area contributed by atoms with Crippen LogP contribution in [-0.2, 0) is 18.0 Å². The maximum atomic E-state index is 13.4. The number of pyridine rings is 2. The van der Waals surface area contributed by atoms with Gasteiger partial charge in [-0.05, 0) is 37.5 Å². The summed E-state index contributed by atoms with van der Waals surface area (Å²) >= 11 is 0. The van der Waals surface area contributed by atoms with Crippen LogP contribution < -0.4 is 15.8 Å². The summed E-state index contributed by atoms with van der Waals surface area (Å²) in [5, 5.41) is 24.4. The summed E-state index contributed by atoms with van der Waals surface area (Å²) in [4.78, 5) is 29.9. The summed E-state index contributed by atoms with van der Waals surface area (Å²) in [7, 11) is 3.34. The highest BCUT2D eigenvalue weighted by atomic mass is 19.4. The van der Waals surface area contributed by atoms with Gasteiger partial charge in [0.05, 0.1) is 27.6 Å². The number of nitriles is 1. The molecule has 0 saturated carbocycles. The van der Waals surface area contributed by atoms with E-state index in [0.717, 1.165) is 25.0 Å². The van der Waals surface area contributed by atoms with Gasteiger partial charge in [-0.1, -0.05) is 0 Å². The monoisotopic (exact) mass is 530 g/mol. The molecule has 0 bridgehead atoms. The maximum Gasteiger partial charge on any atom is 0.416 e. The molecule has 0 spiro atoms. The van der Waals surface area contributed by atoms with Crippen molar-refractivity contribution in [2.45, 2.75) is 38.0 Å². The lowest BCUT2D eigenvalue weighted by molar-refractivity contribution is -0.385. The topological polar surface area (TPSA) is 126 Å². The van der Waals surface area contributed by atoms with E-state index >= 15 is 0 Å². The van der Waals surface area contributed by atoms with Crippen LogP contribution in [0.1, 0.15) is 42.5 Å². The first-order valence-corrected chi connectivity index (χ1v) is 11.8. The first kappa shape index (κ1) is 26.9. The molecule has 1 aliphatic rings. The van der Waals surface area contributed by atoms with Gasteiger partial charge in [0.25, 0.3) is 11.2 Å².